The highest BCUT2D eigenvalue weighted by Crippen LogP contribution is 2.19. The maximum Gasteiger partial charge on any atom is 0.251 e. The topological polar surface area (TPSA) is 72.2 Å². The summed E-state index contributed by atoms with van der Waals surface area (Å²) < 4.78 is 0. The monoisotopic (exact) mass is 292 g/mol. The van der Waals surface area contributed by atoms with Gasteiger partial charge in [0, 0.05) is 12.0 Å². The zero-order valence-corrected chi connectivity index (χ0v) is 12.0. The number of rotatable bonds is 5. The number of carbonyl (C=O) groups excluding carboxylic acids is 2. The quantitative estimate of drug-likeness (QED) is 0.827. The highest BCUT2D eigenvalue weighted by atomic mass is 16.2. The van der Waals surface area contributed by atoms with Crippen molar-refractivity contribution in [2.75, 3.05) is 0 Å². The third-order valence-corrected chi connectivity index (χ3v) is 3.22. The lowest BCUT2D eigenvalue weighted by molar-refractivity contribution is -0.119. The Labute approximate surface area is 129 Å². The zero-order valence-electron chi connectivity index (χ0n) is 12.0. The number of terminal acetylenes is 1. The normalized spacial score (nSPS) is 11.2. The molecule has 0 radical (unpaired) electrons. The molecule has 2 rings (SSSR count). The van der Waals surface area contributed by atoms with E-state index in [0.717, 1.165) is 11.1 Å². The van der Waals surface area contributed by atoms with Gasteiger partial charge in [-0.25, -0.2) is 0 Å². The van der Waals surface area contributed by atoms with Crippen molar-refractivity contribution in [1.82, 2.24) is 5.32 Å². The van der Waals surface area contributed by atoms with E-state index in [1.165, 1.54) is 0 Å². The van der Waals surface area contributed by atoms with Crippen LogP contribution in [0.5, 0.6) is 0 Å². The Balaban J connectivity index is 2.12. The number of hydrogen-bond acceptors (Lipinski definition) is 2. The number of benzene rings is 2. The molecule has 0 aromatic heterocycles. The second-order valence-electron chi connectivity index (χ2n) is 4.78. The van der Waals surface area contributed by atoms with Gasteiger partial charge in [-0.3, -0.25) is 9.59 Å². The van der Waals surface area contributed by atoms with Crippen LogP contribution in [0, 0.1) is 12.3 Å². The van der Waals surface area contributed by atoms with Crippen LogP contribution in [0.3, 0.4) is 0 Å². The fourth-order valence-electron chi connectivity index (χ4n) is 2.03. The summed E-state index contributed by atoms with van der Waals surface area (Å²) in [5, 5.41) is 2.54. The first-order valence-corrected chi connectivity index (χ1v) is 6.81. The molecule has 2 amide bonds. The highest BCUT2D eigenvalue weighted by molar-refractivity contribution is 5.97. The molecule has 2 aromatic carbocycles. The van der Waals surface area contributed by atoms with Crippen molar-refractivity contribution in [3.8, 4) is 23.5 Å². The van der Waals surface area contributed by atoms with Crippen LogP contribution in [0.15, 0.2) is 54.6 Å². The first-order chi connectivity index (χ1) is 10.6. The van der Waals surface area contributed by atoms with E-state index in [0.29, 0.717) is 5.56 Å². The van der Waals surface area contributed by atoms with Gasteiger partial charge < -0.3 is 11.1 Å². The maximum atomic E-state index is 12.1. The molecule has 0 aliphatic rings. The molecule has 4 heteroatoms. The van der Waals surface area contributed by atoms with E-state index in [-0.39, 0.29) is 12.3 Å². The molecule has 22 heavy (non-hydrogen) atoms. The molecule has 0 aliphatic heterocycles. The summed E-state index contributed by atoms with van der Waals surface area (Å²) in [6, 6.07) is 16.1. The van der Waals surface area contributed by atoms with Crippen molar-refractivity contribution >= 4 is 11.8 Å². The van der Waals surface area contributed by atoms with Gasteiger partial charge in [0.25, 0.3) is 5.91 Å². The van der Waals surface area contributed by atoms with E-state index in [2.05, 4.69) is 11.2 Å². The van der Waals surface area contributed by atoms with E-state index >= 15 is 0 Å². The first-order valence-electron chi connectivity index (χ1n) is 6.81. The van der Waals surface area contributed by atoms with Gasteiger partial charge in [0.2, 0.25) is 5.91 Å². The van der Waals surface area contributed by atoms with Gasteiger partial charge in [0.15, 0.2) is 0 Å². The Morgan fingerprint density at radius 2 is 1.64 bits per heavy atom. The van der Waals surface area contributed by atoms with Gasteiger partial charge in [0.1, 0.15) is 6.04 Å². The molecular formula is C18H16N2O2. The summed E-state index contributed by atoms with van der Waals surface area (Å²) in [7, 11) is 0. The number of carbonyl (C=O) groups is 2. The molecule has 3 N–H and O–H groups in total. The van der Waals surface area contributed by atoms with Crippen LogP contribution < -0.4 is 11.1 Å². The van der Waals surface area contributed by atoms with Crippen LogP contribution in [-0.4, -0.2) is 17.9 Å². The van der Waals surface area contributed by atoms with Gasteiger partial charge in [-0.1, -0.05) is 42.5 Å². The lowest BCUT2D eigenvalue weighted by Gasteiger charge is -2.13. The molecule has 0 saturated carbocycles. The van der Waals surface area contributed by atoms with Crippen molar-refractivity contribution < 1.29 is 9.59 Å². The Morgan fingerprint density at radius 1 is 1.05 bits per heavy atom. The molecule has 0 bridgehead atoms. The summed E-state index contributed by atoms with van der Waals surface area (Å²) in [5.74, 6) is 1.30. The van der Waals surface area contributed by atoms with Crippen molar-refractivity contribution in [1.29, 1.82) is 0 Å². The standard InChI is InChI=1S/C18H16N2O2/c1-2-6-16(17(19)21)20-18(22)15-11-9-14(10-12-15)13-7-4-3-5-8-13/h1,3-5,7-12,16H,6H2,(H2,19,21)(H,20,22)/t16-/m0/s1. The third-order valence-electron chi connectivity index (χ3n) is 3.22. The number of hydrogen-bond donors (Lipinski definition) is 2. The minimum Gasteiger partial charge on any atom is -0.368 e. The molecule has 1 atom stereocenters. The van der Waals surface area contributed by atoms with E-state index in [1.54, 1.807) is 12.1 Å². The number of primary amides is 1. The van der Waals surface area contributed by atoms with Crippen molar-refractivity contribution in [3.63, 3.8) is 0 Å². The first kappa shape index (κ1) is 15.3. The maximum absolute atomic E-state index is 12.1. The molecular weight excluding hydrogens is 276 g/mol. The van der Waals surface area contributed by atoms with Crippen LogP contribution in [0.4, 0.5) is 0 Å². The smallest absolute Gasteiger partial charge is 0.251 e. The van der Waals surface area contributed by atoms with E-state index in [1.807, 2.05) is 42.5 Å². The molecule has 110 valence electrons. The fourth-order valence-corrected chi connectivity index (χ4v) is 2.03. The molecule has 0 saturated heterocycles. The van der Waals surface area contributed by atoms with E-state index < -0.39 is 11.9 Å². The van der Waals surface area contributed by atoms with Crippen LogP contribution in [0.2, 0.25) is 0 Å². The molecule has 2 aromatic rings. The average molecular weight is 292 g/mol. The SMILES string of the molecule is C#CC[C@H](NC(=O)c1ccc(-c2ccccc2)cc1)C(N)=O. The van der Waals surface area contributed by atoms with Crippen molar-refractivity contribution in [2.24, 2.45) is 5.73 Å². The van der Waals surface area contributed by atoms with Crippen molar-refractivity contribution in [3.05, 3.63) is 60.2 Å². The number of nitrogens with two attached hydrogens (primary N) is 1. The van der Waals surface area contributed by atoms with Crippen LogP contribution in [-0.2, 0) is 4.79 Å². The van der Waals surface area contributed by atoms with Crippen LogP contribution >= 0.6 is 0 Å². The van der Waals surface area contributed by atoms with Gasteiger partial charge in [-0.2, -0.15) is 0 Å². The fraction of sp³-hybridized carbons (Fsp3) is 0.111. The van der Waals surface area contributed by atoms with Crippen LogP contribution in [0.25, 0.3) is 11.1 Å². The summed E-state index contributed by atoms with van der Waals surface area (Å²) in [5.41, 5.74) is 7.72. The predicted octanol–water partition coefficient (Wildman–Crippen LogP) is 1.96. The molecule has 0 heterocycles. The Morgan fingerprint density at radius 3 is 2.18 bits per heavy atom. The Kier molecular flexibility index (Phi) is 4.94. The Bertz CT molecular complexity index is 700. The molecule has 0 spiro atoms. The van der Waals surface area contributed by atoms with Gasteiger partial charge in [0.05, 0.1) is 0 Å². The second-order valence-corrected chi connectivity index (χ2v) is 4.78. The lowest BCUT2D eigenvalue weighted by Crippen LogP contribution is -2.44. The second kappa shape index (κ2) is 7.09. The largest absolute Gasteiger partial charge is 0.368 e. The average Bonchev–Trinajstić information content (AvgIpc) is 2.55. The summed E-state index contributed by atoms with van der Waals surface area (Å²) in [6.45, 7) is 0. The molecule has 0 fully saturated rings. The molecule has 4 nitrogen and oxygen atoms in total. The zero-order chi connectivity index (χ0) is 15.9. The predicted molar refractivity (Wildman–Crippen MR) is 85.8 cm³/mol. The van der Waals surface area contributed by atoms with Crippen molar-refractivity contribution in [2.45, 2.75) is 12.5 Å². The Hall–Kier alpha value is -3.06. The minimum atomic E-state index is -0.855. The third kappa shape index (κ3) is 3.74. The van der Waals surface area contributed by atoms with Gasteiger partial charge in [-0.05, 0) is 23.3 Å². The molecule has 0 unspecified atom stereocenters. The molecule has 0 aliphatic carbocycles. The van der Waals surface area contributed by atoms with Gasteiger partial charge >= 0.3 is 0 Å². The lowest BCUT2D eigenvalue weighted by atomic mass is 10.0. The summed E-state index contributed by atoms with van der Waals surface area (Å²) in [4.78, 5) is 23.3. The highest BCUT2D eigenvalue weighted by Gasteiger charge is 2.17. The van der Waals surface area contributed by atoms with Gasteiger partial charge in [-0.15, -0.1) is 12.3 Å². The van der Waals surface area contributed by atoms with E-state index in [4.69, 9.17) is 12.2 Å². The minimum absolute atomic E-state index is 0.0726. The number of amides is 2. The summed E-state index contributed by atoms with van der Waals surface area (Å²) in [6.07, 6.45) is 5.23. The van der Waals surface area contributed by atoms with E-state index in [9.17, 15) is 9.59 Å². The summed E-state index contributed by atoms with van der Waals surface area (Å²) >= 11 is 0. The van der Waals surface area contributed by atoms with Crippen LogP contribution in [0.1, 0.15) is 16.8 Å². The number of nitrogens with one attached hydrogen (secondary N) is 1.